The number of amides is 1. The summed E-state index contributed by atoms with van der Waals surface area (Å²) < 4.78 is 0.930. The molecule has 0 atom stereocenters. The second kappa shape index (κ2) is 7.71. The molecule has 0 unspecified atom stereocenters. The lowest BCUT2D eigenvalue weighted by Gasteiger charge is -2.35. The summed E-state index contributed by atoms with van der Waals surface area (Å²) in [4.78, 5) is 11.3. The maximum atomic E-state index is 11.3. The van der Waals surface area contributed by atoms with Crippen molar-refractivity contribution in [1.29, 1.82) is 0 Å². The van der Waals surface area contributed by atoms with Crippen molar-refractivity contribution in [2.75, 3.05) is 26.3 Å². The monoisotopic (exact) mass is 234 g/mol. The van der Waals surface area contributed by atoms with Gasteiger partial charge in [0.2, 0.25) is 0 Å². The van der Waals surface area contributed by atoms with Gasteiger partial charge in [0.05, 0.1) is 19.6 Å². The van der Waals surface area contributed by atoms with Gasteiger partial charge in [-0.05, 0) is 27.7 Å². The van der Waals surface area contributed by atoms with Crippen LogP contribution in [-0.4, -0.2) is 36.7 Å². The van der Waals surface area contributed by atoms with Gasteiger partial charge in [0.1, 0.15) is 0 Å². The number of nitrogens with one attached hydrogen (secondary N) is 1. The van der Waals surface area contributed by atoms with E-state index in [4.69, 9.17) is 0 Å². The molecule has 1 amide bonds. The molecule has 0 aromatic heterocycles. The maximum Gasteiger partial charge on any atom is 0.250 e. The Morgan fingerprint density at radius 1 is 1.20 bits per heavy atom. The van der Waals surface area contributed by atoms with Crippen LogP contribution in [0.4, 0.5) is 0 Å². The number of halogens is 1. The first-order valence-electron chi connectivity index (χ1n) is 5.30. The van der Waals surface area contributed by atoms with Crippen molar-refractivity contribution in [2.45, 2.75) is 27.7 Å². The molecule has 0 radical (unpaired) electrons. The highest BCUT2D eigenvalue weighted by molar-refractivity contribution is 5.91. The Balaban J connectivity index is 0. The highest BCUT2D eigenvalue weighted by atomic mass is 35.5. The highest BCUT2D eigenvalue weighted by Gasteiger charge is 2.20. The van der Waals surface area contributed by atoms with E-state index >= 15 is 0 Å². The molecule has 0 fully saturated rings. The van der Waals surface area contributed by atoms with Crippen molar-refractivity contribution in [3.63, 3.8) is 0 Å². The summed E-state index contributed by atoms with van der Waals surface area (Å²) in [7, 11) is 0. The molecule has 0 spiro atoms. The summed E-state index contributed by atoms with van der Waals surface area (Å²) in [5, 5.41) is 2.91. The zero-order valence-corrected chi connectivity index (χ0v) is 11.0. The Bertz CT molecular complexity index is 204. The molecule has 0 aliphatic heterocycles. The fourth-order valence-electron chi connectivity index (χ4n) is 1.40. The van der Waals surface area contributed by atoms with Crippen molar-refractivity contribution >= 4 is 5.91 Å². The van der Waals surface area contributed by atoms with Crippen LogP contribution in [0.1, 0.15) is 27.7 Å². The van der Waals surface area contributed by atoms with Crippen molar-refractivity contribution in [2.24, 2.45) is 0 Å². The smallest absolute Gasteiger partial charge is 0.250 e. The maximum absolute atomic E-state index is 11.3. The third kappa shape index (κ3) is 5.19. The summed E-state index contributed by atoms with van der Waals surface area (Å²) in [6.07, 6.45) is 0. The first kappa shape index (κ1) is 16.9. The zero-order valence-electron chi connectivity index (χ0n) is 10.3. The molecule has 0 bridgehead atoms. The summed E-state index contributed by atoms with van der Waals surface area (Å²) in [5.74, 6) is -0.0390. The average Bonchev–Trinajstić information content (AvgIpc) is 2.20. The van der Waals surface area contributed by atoms with Crippen LogP contribution < -0.4 is 17.7 Å². The summed E-state index contributed by atoms with van der Waals surface area (Å²) in [5.41, 5.74) is 0.575. The molecule has 1 N–H and O–H groups in total. The average molecular weight is 235 g/mol. The molecular weight excluding hydrogens is 212 g/mol. The Kier molecular flexibility index (Phi) is 8.68. The fourth-order valence-corrected chi connectivity index (χ4v) is 1.40. The Morgan fingerprint density at radius 3 is 1.87 bits per heavy atom. The molecular formula is C11H23ClN2O. The van der Waals surface area contributed by atoms with Gasteiger partial charge in [-0.2, -0.15) is 0 Å². The summed E-state index contributed by atoms with van der Waals surface area (Å²) in [6, 6.07) is 0. The Morgan fingerprint density at radius 2 is 1.60 bits per heavy atom. The lowest BCUT2D eigenvalue weighted by atomic mass is 10.3. The Hall–Kier alpha value is -0.540. The molecule has 0 rings (SSSR count). The summed E-state index contributed by atoms with van der Waals surface area (Å²) in [6.45, 7) is 15.6. The van der Waals surface area contributed by atoms with Gasteiger partial charge in [-0.1, -0.05) is 6.58 Å². The van der Waals surface area contributed by atoms with E-state index in [1.54, 1.807) is 6.92 Å². The molecule has 0 aliphatic carbocycles. The van der Waals surface area contributed by atoms with Gasteiger partial charge in [-0.15, -0.1) is 0 Å². The van der Waals surface area contributed by atoms with Gasteiger partial charge in [0, 0.05) is 5.57 Å². The molecule has 0 saturated carbocycles. The van der Waals surface area contributed by atoms with E-state index in [9.17, 15) is 4.79 Å². The molecule has 0 aliphatic rings. The number of hydrogen-bond acceptors (Lipinski definition) is 1. The van der Waals surface area contributed by atoms with Crippen LogP contribution in [0.3, 0.4) is 0 Å². The second-order valence-corrected chi connectivity index (χ2v) is 3.73. The van der Waals surface area contributed by atoms with Crippen molar-refractivity contribution < 1.29 is 21.7 Å². The molecule has 0 saturated heterocycles. The van der Waals surface area contributed by atoms with E-state index in [1.165, 1.54) is 0 Å². The van der Waals surface area contributed by atoms with E-state index in [0.29, 0.717) is 12.2 Å². The fraction of sp³-hybridized carbons (Fsp3) is 0.727. The van der Waals surface area contributed by atoms with Crippen LogP contribution in [0, 0.1) is 0 Å². The number of nitrogens with zero attached hydrogens (tertiary/aromatic N) is 1. The van der Waals surface area contributed by atoms with Crippen LogP contribution in [0.2, 0.25) is 0 Å². The SMILES string of the molecule is C=C(C)C(=O)NC[N+](CC)(CC)CC.[Cl-]. The van der Waals surface area contributed by atoms with Crippen molar-refractivity contribution in [1.82, 2.24) is 5.32 Å². The highest BCUT2D eigenvalue weighted by Crippen LogP contribution is 2.03. The van der Waals surface area contributed by atoms with Crippen molar-refractivity contribution in [3.8, 4) is 0 Å². The molecule has 90 valence electrons. The zero-order chi connectivity index (χ0) is 11.2. The minimum Gasteiger partial charge on any atom is -1.00 e. The van der Waals surface area contributed by atoms with E-state index in [1.807, 2.05) is 0 Å². The second-order valence-electron chi connectivity index (χ2n) is 3.73. The number of carbonyl (C=O) groups excluding carboxylic acids is 1. The van der Waals surface area contributed by atoms with Gasteiger partial charge in [0.15, 0.2) is 6.67 Å². The van der Waals surface area contributed by atoms with Crippen molar-refractivity contribution in [3.05, 3.63) is 12.2 Å². The van der Waals surface area contributed by atoms with Crippen LogP contribution in [0.5, 0.6) is 0 Å². The molecule has 0 aromatic rings. The number of hydrogen-bond donors (Lipinski definition) is 1. The predicted octanol–water partition coefficient (Wildman–Crippen LogP) is -1.48. The summed E-state index contributed by atoms with van der Waals surface area (Å²) >= 11 is 0. The Labute approximate surface area is 99.5 Å². The lowest BCUT2D eigenvalue weighted by Crippen LogP contribution is -3.00. The van der Waals surface area contributed by atoms with Gasteiger partial charge < -0.3 is 22.2 Å². The minimum absolute atomic E-state index is 0. The standard InChI is InChI=1S/C11H22N2O.ClH/c1-6-13(7-2,8-3)9-12-11(14)10(4)5;/h4,6-9H2,1-3,5H3;1H. The topological polar surface area (TPSA) is 29.1 Å². The molecule has 0 heterocycles. The quantitative estimate of drug-likeness (QED) is 0.339. The van der Waals surface area contributed by atoms with Gasteiger partial charge in [-0.3, -0.25) is 4.79 Å². The van der Waals surface area contributed by atoms with E-state index < -0.39 is 0 Å². The predicted molar refractivity (Wildman–Crippen MR) is 59.7 cm³/mol. The molecule has 15 heavy (non-hydrogen) atoms. The van der Waals surface area contributed by atoms with E-state index in [2.05, 4.69) is 32.7 Å². The van der Waals surface area contributed by atoms with Crippen LogP contribution in [-0.2, 0) is 4.79 Å². The normalized spacial score (nSPS) is 10.4. The van der Waals surface area contributed by atoms with Gasteiger partial charge in [0.25, 0.3) is 5.91 Å². The first-order valence-corrected chi connectivity index (χ1v) is 5.30. The third-order valence-electron chi connectivity index (χ3n) is 2.98. The number of rotatable bonds is 6. The number of carbonyl (C=O) groups is 1. The van der Waals surface area contributed by atoms with Gasteiger partial charge >= 0.3 is 0 Å². The largest absolute Gasteiger partial charge is 1.00 e. The van der Waals surface area contributed by atoms with E-state index in [0.717, 1.165) is 24.1 Å². The minimum atomic E-state index is -0.0390. The molecule has 4 heteroatoms. The van der Waals surface area contributed by atoms with Crippen LogP contribution >= 0.6 is 0 Å². The lowest BCUT2D eigenvalue weighted by molar-refractivity contribution is -0.924. The number of quaternary nitrogens is 1. The van der Waals surface area contributed by atoms with E-state index in [-0.39, 0.29) is 18.3 Å². The van der Waals surface area contributed by atoms with Crippen LogP contribution in [0.25, 0.3) is 0 Å². The molecule has 0 aromatic carbocycles. The molecule has 3 nitrogen and oxygen atoms in total. The third-order valence-corrected chi connectivity index (χ3v) is 2.98. The van der Waals surface area contributed by atoms with Gasteiger partial charge in [-0.25, -0.2) is 0 Å². The first-order chi connectivity index (χ1) is 6.51. The van der Waals surface area contributed by atoms with Crippen LogP contribution in [0.15, 0.2) is 12.2 Å².